The molecular formula is C11H23N5O. The Morgan fingerprint density at radius 1 is 1.59 bits per heavy atom. The average molecular weight is 241 g/mol. The van der Waals surface area contributed by atoms with E-state index in [2.05, 4.69) is 29.4 Å². The summed E-state index contributed by atoms with van der Waals surface area (Å²) in [5.41, 5.74) is 4.83. The van der Waals surface area contributed by atoms with E-state index in [4.69, 9.17) is 10.6 Å². The summed E-state index contributed by atoms with van der Waals surface area (Å²) in [6.07, 6.45) is 0. The quantitative estimate of drug-likeness (QED) is 0.560. The van der Waals surface area contributed by atoms with E-state index in [9.17, 15) is 0 Å². The lowest BCUT2D eigenvalue weighted by Gasteiger charge is -2.24. The molecule has 0 aromatic carbocycles. The number of rotatable bonds is 6. The van der Waals surface area contributed by atoms with Gasteiger partial charge in [-0.05, 0) is 20.9 Å². The molecule has 6 heteroatoms. The monoisotopic (exact) mass is 241 g/mol. The fraction of sp³-hybridized carbons (Fsp3) is 0.727. The highest BCUT2D eigenvalue weighted by atomic mass is 16.5. The Morgan fingerprint density at radius 3 is 2.76 bits per heavy atom. The van der Waals surface area contributed by atoms with Crippen LogP contribution in [-0.2, 0) is 18.3 Å². The van der Waals surface area contributed by atoms with E-state index in [1.807, 2.05) is 14.0 Å². The highest BCUT2D eigenvalue weighted by Gasteiger charge is 2.16. The van der Waals surface area contributed by atoms with Crippen LogP contribution in [0.15, 0.2) is 0 Å². The normalized spacial score (nSPS) is 13.1. The lowest BCUT2D eigenvalue weighted by molar-refractivity contribution is 0.112. The first-order valence-electron chi connectivity index (χ1n) is 5.69. The number of methoxy groups -OCH3 is 1. The third kappa shape index (κ3) is 3.18. The van der Waals surface area contributed by atoms with Crippen LogP contribution in [0.1, 0.15) is 18.2 Å². The van der Waals surface area contributed by atoms with Gasteiger partial charge in [-0.3, -0.25) is 9.58 Å². The predicted molar refractivity (Wildman–Crippen MR) is 68.6 cm³/mol. The van der Waals surface area contributed by atoms with Crippen LogP contribution in [-0.4, -0.2) is 41.5 Å². The van der Waals surface area contributed by atoms with Crippen molar-refractivity contribution in [2.45, 2.75) is 26.4 Å². The molecule has 0 radical (unpaired) electrons. The van der Waals surface area contributed by atoms with Crippen LogP contribution < -0.4 is 11.3 Å². The zero-order chi connectivity index (χ0) is 13.0. The Hall–Kier alpha value is -1.11. The van der Waals surface area contributed by atoms with Gasteiger partial charge in [0.05, 0.1) is 12.3 Å². The van der Waals surface area contributed by atoms with Crippen LogP contribution in [0, 0.1) is 6.92 Å². The van der Waals surface area contributed by atoms with E-state index >= 15 is 0 Å². The standard InChI is InChI=1S/C11H23N5O/c1-8(7-17-5)15(3)6-10-9(2)14-16(4)11(10)13-12/h8,13H,6-7,12H2,1-5H3. The van der Waals surface area contributed by atoms with Gasteiger partial charge in [-0.25, -0.2) is 5.84 Å². The van der Waals surface area contributed by atoms with Gasteiger partial charge in [0.25, 0.3) is 0 Å². The fourth-order valence-corrected chi connectivity index (χ4v) is 1.85. The number of aromatic nitrogens is 2. The molecule has 0 aliphatic carbocycles. The number of hydrogen-bond acceptors (Lipinski definition) is 5. The van der Waals surface area contributed by atoms with Crippen molar-refractivity contribution in [2.24, 2.45) is 12.9 Å². The largest absolute Gasteiger partial charge is 0.383 e. The van der Waals surface area contributed by atoms with Gasteiger partial charge in [-0.1, -0.05) is 0 Å². The molecule has 3 N–H and O–H groups in total. The maximum absolute atomic E-state index is 5.52. The molecule has 0 aliphatic rings. The smallest absolute Gasteiger partial charge is 0.142 e. The van der Waals surface area contributed by atoms with Crippen LogP contribution in [0.3, 0.4) is 0 Å². The summed E-state index contributed by atoms with van der Waals surface area (Å²) in [7, 11) is 5.66. The van der Waals surface area contributed by atoms with Gasteiger partial charge < -0.3 is 10.2 Å². The van der Waals surface area contributed by atoms with Crippen LogP contribution in [0.4, 0.5) is 5.82 Å². The number of nitrogens with zero attached hydrogens (tertiary/aromatic N) is 3. The first-order chi connectivity index (χ1) is 8.01. The Morgan fingerprint density at radius 2 is 2.24 bits per heavy atom. The van der Waals surface area contributed by atoms with Crippen LogP contribution in [0.2, 0.25) is 0 Å². The number of hydrazine groups is 1. The summed E-state index contributed by atoms with van der Waals surface area (Å²) < 4.78 is 6.92. The van der Waals surface area contributed by atoms with Gasteiger partial charge in [0.15, 0.2) is 0 Å². The number of nitrogen functional groups attached to an aromatic ring is 1. The molecule has 1 aromatic rings. The summed E-state index contributed by atoms with van der Waals surface area (Å²) in [6.45, 7) is 5.63. The van der Waals surface area contributed by atoms with Crippen LogP contribution >= 0.6 is 0 Å². The molecule has 1 rings (SSSR count). The van der Waals surface area contributed by atoms with E-state index in [0.29, 0.717) is 12.6 Å². The number of ether oxygens (including phenoxy) is 1. The molecule has 0 saturated heterocycles. The van der Waals surface area contributed by atoms with Crippen molar-refractivity contribution >= 4 is 5.82 Å². The Balaban J connectivity index is 2.80. The van der Waals surface area contributed by atoms with Crippen LogP contribution in [0.25, 0.3) is 0 Å². The maximum atomic E-state index is 5.52. The Kier molecular flexibility index (Phi) is 4.92. The zero-order valence-corrected chi connectivity index (χ0v) is 11.3. The van der Waals surface area contributed by atoms with Crippen LogP contribution in [0.5, 0.6) is 0 Å². The van der Waals surface area contributed by atoms with Gasteiger partial charge in [0.1, 0.15) is 5.82 Å². The number of aryl methyl sites for hydroxylation is 2. The summed E-state index contributed by atoms with van der Waals surface area (Å²) in [4.78, 5) is 2.22. The van der Waals surface area contributed by atoms with Crippen molar-refractivity contribution in [1.29, 1.82) is 0 Å². The van der Waals surface area contributed by atoms with E-state index in [-0.39, 0.29) is 0 Å². The van der Waals surface area contributed by atoms with E-state index < -0.39 is 0 Å². The summed E-state index contributed by atoms with van der Waals surface area (Å²) >= 11 is 0. The van der Waals surface area contributed by atoms with Crippen molar-refractivity contribution < 1.29 is 4.74 Å². The molecule has 6 nitrogen and oxygen atoms in total. The summed E-state index contributed by atoms with van der Waals surface area (Å²) in [5, 5.41) is 4.36. The molecule has 0 bridgehead atoms. The summed E-state index contributed by atoms with van der Waals surface area (Å²) in [6, 6.07) is 0.352. The third-order valence-corrected chi connectivity index (χ3v) is 3.05. The van der Waals surface area contributed by atoms with Crippen molar-refractivity contribution in [1.82, 2.24) is 14.7 Å². The SMILES string of the molecule is COCC(C)N(C)Cc1c(C)nn(C)c1NN. The summed E-state index contributed by atoms with van der Waals surface area (Å²) in [5.74, 6) is 6.38. The Labute approximate surface area is 103 Å². The second-order valence-electron chi connectivity index (χ2n) is 4.40. The van der Waals surface area contributed by atoms with Gasteiger partial charge in [-0.2, -0.15) is 5.10 Å². The van der Waals surface area contributed by atoms with Gasteiger partial charge in [-0.15, -0.1) is 0 Å². The third-order valence-electron chi connectivity index (χ3n) is 3.05. The number of likely N-dealkylation sites (N-methyl/N-ethyl adjacent to an activating group) is 1. The number of hydrogen-bond donors (Lipinski definition) is 2. The van der Waals surface area contributed by atoms with E-state index in [1.54, 1.807) is 11.8 Å². The molecule has 0 amide bonds. The lowest BCUT2D eigenvalue weighted by Crippen LogP contribution is -2.32. The first-order valence-corrected chi connectivity index (χ1v) is 5.69. The van der Waals surface area contributed by atoms with Crippen molar-refractivity contribution in [3.63, 3.8) is 0 Å². The minimum atomic E-state index is 0.352. The first kappa shape index (κ1) is 14.0. The maximum Gasteiger partial charge on any atom is 0.142 e. The van der Waals surface area contributed by atoms with Crippen molar-refractivity contribution in [3.8, 4) is 0 Å². The molecule has 0 fully saturated rings. The van der Waals surface area contributed by atoms with Gasteiger partial charge in [0.2, 0.25) is 0 Å². The average Bonchev–Trinajstić information content (AvgIpc) is 2.53. The van der Waals surface area contributed by atoms with E-state index in [1.165, 1.54) is 0 Å². The zero-order valence-electron chi connectivity index (χ0n) is 11.3. The minimum Gasteiger partial charge on any atom is -0.383 e. The molecule has 0 saturated carbocycles. The second kappa shape index (κ2) is 6.00. The molecule has 1 atom stereocenters. The Bertz CT molecular complexity index is 363. The molecule has 0 spiro atoms. The minimum absolute atomic E-state index is 0.352. The molecule has 1 aromatic heterocycles. The highest BCUT2D eigenvalue weighted by Crippen LogP contribution is 2.20. The lowest BCUT2D eigenvalue weighted by atomic mass is 10.2. The molecular weight excluding hydrogens is 218 g/mol. The molecule has 17 heavy (non-hydrogen) atoms. The number of nitrogens with two attached hydrogens (primary N) is 1. The van der Waals surface area contributed by atoms with Crippen molar-refractivity contribution in [2.75, 3.05) is 26.2 Å². The van der Waals surface area contributed by atoms with Crippen molar-refractivity contribution in [3.05, 3.63) is 11.3 Å². The molecule has 1 unspecified atom stereocenters. The number of nitrogens with one attached hydrogen (secondary N) is 1. The molecule has 1 heterocycles. The van der Waals surface area contributed by atoms with Gasteiger partial charge in [0, 0.05) is 32.3 Å². The molecule has 98 valence electrons. The fourth-order valence-electron chi connectivity index (χ4n) is 1.85. The van der Waals surface area contributed by atoms with E-state index in [0.717, 1.165) is 23.6 Å². The highest BCUT2D eigenvalue weighted by molar-refractivity contribution is 5.46. The molecule has 0 aliphatic heterocycles. The number of anilines is 1. The second-order valence-corrected chi connectivity index (χ2v) is 4.40. The predicted octanol–water partition coefficient (Wildman–Crippen LogP) is 0.481. The van der Waals surface area contributed by atoms with Gasteiger partial charge >= 0.3 is 0 Å². The topological polar surface area (TPSA) is 68.3 Å².